The molecule has 3 aliphatic rings. The van der Waals surface area contributed by atoms with Crippen LogP contribution in [0.5, 0.6) is 5.75 Å². The van der Waals surface area contributed by atoms with Crippen molar-refractivity contribution in [3.8, 4) is 61.4 Å². The fraction of sp³-hybridized carbons (Fsp3) is 0.0400. The molecule has 15 rings (SSSR count). The monoisotopic (exact) mass is 1010 g/mol. The predicted octanol–water partition coefficient (Wildman–Crippen LogP) is 19.3. The van der Waals surface area contributed by atoms with E-state index in [1.807, 2.05) is 0 Å². The van der Waals surface area contributed by atoms with Gasteiger partial charge in [0.05, 0.1) is 15.7 Å². The number of anilines is 3. The summed E-state index contributed by atoms with van der Waals surface area (Å²) in [6, 6.07) is 110. The highest BCUT2D eigenvalue weighted by Crippen LogP contribution is 2.58. The first kappa shape index (κ1) is 45.9. The van der Waals surface area contributed by atoms with Crippen molar-refractivity contribution in [2.24, 2.45) is 0 Å². The van der Waals surface area contributed by atoms with Crippen molar-refractivity contribution in [2.75, 3.05) is 10.8 Å². The van der Waals surface area contributed by atoms with Crippen LogP contribution < -0.4 is 9.64 Å². The average molecular weight is 1010 g/mol. The van der Waals surface area contributed by atoms with Crippen molar-refractivity contribution in [1.29, 1.82) is 0 Å². The van der Waals surface area contributed by atoms with Gasteiger partial charge >= 0.3 is 0 Å². The van der Waals surface area contributed by atoms with Gasteiger partial charge in [-0.25, -0.2) is 0 Å². The minimum atomic E-state index is -0.454. The fourth-order valence-corrected chi connectivity index (χ4v) is 14.0. The van der Waals surface area contributed by atoms with Crippen LogP contribution in [-0.2, 0) is 10.8 Å². The van der Waals surface area contributed by atoms with Crippen molar-refractivity contribution < 1.29 is 4.74 Å². The standard InChI is InChI=1S/C75H51NOS/c1-5-21-57(22-6-1)74(58-23-7-2-8-24-58)68-33-15-13-31-64(68)66-47-54(37-42-70(66)74)52-19-17-29-62(45-52)76(61-40-35-51(36-41-61)56-39-44-72-73(49-56)78-50-77-72)63-30-18-20-53(46-63)55-38-43-71-67(48-55)65-32-14-16-34-69(65)75(71,59-25-9-3-10-26-59)60-27-11-4-12-28-60/h1-49H,50H2. The molecule has 2 nitrogen and oxygen atoms in total. The molecular weight excluding hydrogens is 963 g/mol. The number of hydrogen-bond acceptors (Lipinski definition) is 3. The van der Waals surface area contributed by atoms with E-state index < -0.39 is 10.8 Å². The van der Waals surface area contributed by atoms with Crippen molar-refractivity contribution in [3.63, 3.8) is 0 Å². The van der Waals surface area contributed by atoms with E-state index >= 15 is 0 Å². The predicted molar refractivity (Wildman–Crippen MR) is 323 cm³/mol. The first-order valence-corrected chi connectivity index (χ1v) is 27.9. The molecule has 0 atom stereocenters. The molecule has 78 heavy (non-hydrogen) atoms. The van der Waals surface area contributed by atoms with Gasteiger partial charge in [0.15, 0.2) is 0 Å². The number of thioether (sulfide) groups is 1. The maximum Gasteiger partial charge on any atom is 0.138 e. The summed E-state index contributed by atoms with van der Waals surface area (Å²) in [5, 5.41) is 0. The topological polar surface area (TPSA) is 12.5 Å². The molecule has 0 unspecified atom stereocenters. The Morgan fingerprint density at radius 2 is 0.667 bits per heavy atom. The molecule has 12 aromatic rings. The van der Waals surface area contributed by atoms with E-state index in [9.17, 15) is 0 Å². The summed E-state index contributed by atoms with van der Waals surface area (Å²) in [6.45, 7) is 0. The molecule has 12 aromatic carbocycles. The van der Waals surface area contributed by atoms with E-state index in [4.69, 9.17) is 4.74 Å². The molecule has 0 saturated heterocycles. The molecule has 0 aromatic heterocycles. The molecular formula is C75H51NOS. The molecule has 0 fully saturated rings. The third-order valence-electron chi connectivity index (χ3n) is 16.6. The van der Waals surface area contributed by atoms with Crippen LogP contribution in [-0.4, -0.2) is 5.94 Å². The lowest BCUT2D eigenvalue weighted by Crippen LogP contribution is -2.28. The van der Waals surface area contributed by atoms with Crippen LogP contribution in [0.4, 0.5) is 17.1 Å². The van der Waals surface area contributed by atoms with Gasteiger partial charge in [0.1, 0.15) is 11.7 Å². The van der Waals surface area contributed by atoms with Crippen LogP contribution in [0.3, 0.4) is 0 Å². The Balaban J connectivity index is 0.861. The zero-order chi connectivity index (χ0) is 51.6. The lowest BCUT2D eigenvalue weighted by atomic mass is 9.67. The highest BCUT2D eigenvalue weighted by Gasteiger charge is 2.47. The minimum absolute atomic E-state index is 0.454. The van der Waals surface area contributed by atoms with Gasteiger partial charge in [0, 0.05) is 17.1 Å². The molecule has 3 heteroatoms. The van der Waals surface area contributed by atoms with E-state index in [0.29, 0.717) is 5.94 Å². The summed E-state index contributed by atoms with van der Waals surface area (Å²) in [5.74, 6) is 1.62. The maximum absolute atomic E-state index is 5.84. The van der Waals surface area contributed by atoms with Crippen LogP contribution in [0.2, 0.25) is 0 Å². The van der Waals surface area contributed by atoms with Gasteiger partial charge in [-0.05, 0) is 161 Å². The Labute approximate surface area is 460 Å². The summed E-state index contributed by atoms with van der Waals surface area (Å²) < 4.78 is 5.84. The Morgan fingerprint density at radius 3 is 1.14 bits per heavy atom. The largest absolute Gasteiger partial charge is 0.481 e. The zero-order valence-electron chi connectivity index (χ0n) is 42.8. The van der Waals surface area contributed by atoms with Crippen LogP contribution in [0.15, 0.2) is 302 Å². The van der Waals surface area contributed by atoms with Crippen LogP contribution >= 0.6 is 11.8 Å². The first-order valence-electron chi connectivity index (χ1n) is 26.9. The maximum atomic E-state index is 5.84. The smallest absolute Gasteiger partial charge is 0.138 e. The van der Waals surface area contributed by atoms with Gasteiger partial charge in [0.2, 0.25) is 0 Å². The van der Waals surface area contributed by atoms with E-state index in [1.54, 1.807) is 11.8 Å². The SMILES string of the molecule is c1ccc(C2(c3ccccc3)c3ccccc3-c3cc(-c4cccc(N(c5ccc(-c6ccc7c(c6)SCO7)cc5)c5cccc(-c6ccc7c(c6)-c6ccccc6C7(c6ccccc6)c6ccccc6)c5)c4)ccc32)cc1. The molecule has 0 N–H and O–H groups in total. The molecule has 0 saturated carbocycles. The molecule has 0 amide bonds. The van der Waals surface area contributed by atoms with E-state index in [1.165, 1.54) is 88.3 Å². The molecule has 1 heterocycles. The number of fused-ring (bicyclic) bond motifs is 7. The molecule has 0 radical (unpaired) electrons. The second-order valence-electron chi connectivity index (χ2n) is 20.6. The summed E-state index contributed by atoms with van der Waals surface area (Å²) in [5.41, 5.74) is 24.7. The summed E-state index contributed by atoms with van der Waals surface area (Å²) >= 11 is 1.75. The fourth-order valence-electron chi connectivity index (χ4n) is 13.2. The second-order valence-corrected chi connectivity index (χ2v) is 21.6. The van der Waals surface area contributed by atoms with Crippen molar-refractivity contribution in [3.05, 3.63) is 342 Å². The lowest BCUT2D eigenvalue weighted by Gasteiger charge is -2.34. The zero-order valence-corrected chi connectivity index (χ0v) is 43.6. The van der Waals surface area contributed by atoms with Crippen molar-refractivity contribution >= 4 is 28.8 Å². The second kappa shape index (κ2) is 18.7. The van der Waals surface area contributed by atoms with Gasteiger partial charge in [-0.15, -0.1) is 0 Å². The average Bonchev–Trinajstić information content (AvgIpc) is 4.32. The number of benzene rings is 12. The Bertz CT molecular complexity index is 3920. The number of hydrogen-bond donors (Lipinski definition) is 0. The molecule has 1 aliphatic heterocycles. The molecule has 2 aliphatic carbocycles. The summed E-state index contributed by atoms with van der Waals surface area (Å²) in [7, 11) is 0. The van der Waals surface area contributed by atoms with Crippen LogP contribution in [0.1, 0.15) is 44.5 Å². The lowest BCUT2D eigenvalue weighted by molar-refractivity contribution is 0.397. The number of nitrogens with zero attached hydrogens (tertiary/aromatic N) is 1. The third kappa shape index (κ3) is 7.19. The van der Waals surface area contributed by atoms with E-state index in [0.717, 1.165) is 39.5 Å². The van der Waals surface area contributed by atoms with Gasteiger partial charge in [0.25, 0.3) is 0 Å². The van der Waals surface area contributed by atoms with Crippen LogP contribution in [0, 0.1) is 0 Å². The van der Waals surface area contributed by atoms with Gasteiger partial charge < -0.3 is 9.64 Å². The third-order valence-corrected chi connectivity index (χ3v) is 17.5. The van der Waals surface area contributed by atoms with E-state index in [2.05, 4.69) is 302 Å². The van der Waals surface area contributed by atoms with Crippen molar-refractivity contribution in [2.45, 2.75) is 15.7 Å². The Hall–Kier alpha value is -9.41. The quantitative estimate of drug-likeness (QED) is 0.135. The Morgan fingerprint density at radius 1 is 0.282 bits per heavy atom. The molecule has 0 spiro atoms. The molecule has 368 valence electrons. The summed E-state index contributed by atoms with van der Waals surface area (Å²) in [6.07, 6.45) is 0. The van der Waals surface area contributed by atoms with Gasteiger partial charge in [-0.2, -0.15) is 0 Å². The summed E-state index contributed by atoms with van der Waals surface area (Å²) in [4.78, 5) is 3.61. The minimum Gasteiger partial charge on any atom is -0.481 e. The van der Waals surface area contributed by atoms with Gasteiger partial charge in [-0.3, -0.25) is 0 Å². The normalized spacial score (nSPS) is 13.8. The highest BCUT2D eigenvalue weighted by atomic mass is 32.2. The van der Waals surface area contributed by atoms with Crippen LogP contribution in [0.25, 0.3) is 55.6 Å². The van der Waals surface area contributed by atoms with Gasteiger partial charge in [-0.1, -0.05) is 248 Å². The van der Waals surface area contributed by atoms with E-state index in [-0.39, 0.29) is 0 Å². The first-order chi connectivity index (χ1) is 38.7. The highest BCUT2D eigenvalue weighted by molar-refractivity contribution is 7.99. The Kier molecular flexibility index (Phi) is 11.0. The molecule has 0 bridgehead atoms. The number of rotatable bonds is 10. The van der Waals surface area contributed by atoms with Crippen molar-refractivity contribution in [1.82, 2.24) is 0 Å². The number of ether oxygens (including phenoxy) is 1.